The summed E-state index contributed by atoms with van der Waals surface area (Å²) in [6.45, 7) is 1.15. The van der Waals surface area contributed by atoms with E-state index in [1.807, 2.05) is 18.2 Å². The molecule has 9 heteroatoms. The van der Waals surface area contributed by atoms with E-state index < -0.39 is 9.84 Å². The molecule has 1 aromatic carbocycles. The molecule has 1 atom stereocenters. The summed E-state index contributed by atoms with van der Waals surface area (Å²) in [5, 5.41) is 2.88. The summed E-state index contributed by atoms with van der Waals surface area (Å²) in [5.41, 5.74) is 1.000. The Morgan fingerprint density at radius 3 is 2.56 bits per heavy atom. The van der Waals surface area contributed by atoms with Gasteiger partial charge in [0.15, 0.2) is 21.3 Å². The van der Waals surface area contributed by atoms with Gasteiger partial charge in [-0.15, -0.1) is 0 Å². The lowest BCUT2D eigenvalue weighted by Gasteiger charge is -2.28. The highest BCUT2D eigenvalue weighted by Gasteiger charge is 2.34. The normalized spacial score (nSPS) is 18.1. The van der Waals surface area contributed by atoms with E-state index in [1.165, 1.54) is 0 Å². The fourth-order valence-corrected chi connectivity index (χ4v) is 4.84. The maximum Gasteiger partial charge on any atom is 0.317 e. The van der Waals surface area contributed by atoms with Crippen molar-refractivity contribution >= 4 is 15.9 Å². The lowest BCUT2D eigenvalue weighted by atomic mass is 10.1. The fraction of sp³-hybridized carbons (Fsp3) is 0.611. The first-order valence-corrected chi connectivity index (χ1v) is 10.7. The average molecular weight is 400 g/mol. The molecule has 0 aromatic heterocycles. The van der Waals surface area contributed by atoms with Crippen LogP contribution in [-0.2, 0) is 21.0 Å². The van der Waals surface area contributed by atoms with Crippen LogP contribution in [0.1, 0.15) is 12.0 Å². The van der Waals surface area contributed by atoms with Crippen molar-refractivity contribution in [1.29, 1.82) is 0 Å². The number of carbonyl (C=O) groups is 1. The maximum absolute atomic E-state index is 12.6. The molecule has 0 saturated carbocycles. The highest BCUT2D eigenvalue weighted by atomic mass is 32.2. The summed E-state index contributed by atoms with van der Waals surface area (Å²) in [6.07, 6.45) is 1.09. The molecule has 1 aromatic rings. The maximum atomic E-state index is 12.6. The first-order chi connectivity index (χ1) is 12.9. The summed E-state index contributed by atoms with van der Waals surface area (Å²) >= 11 is 0. The van der Waals surface area contributed by atoms with Gasteiger partial charge in [0.05, 0.1) is 32.3 Å². The number of nitrogens with zero attached hydrogens (tertiary/aromatic N) is 1. The van der Waals surface area contributed by atoms with Crippen LogP contribution in [0.25, 0.3) is 0 Å². The van der Waals surface area contributed by atoms with Gasteiger partial charge < -0.3 is 24.4 Å². The Bertz CT molecular complexity index is 737. The van der Waals surface area contributed by atoms with Gasteiger partial charge in [-0.1, -0.05) is 6.07 Å². The Kier molecular flexibility index (Phi) is 7.73. The highest BCUT2D eigenvalue weighted by molar-refractivity contribution is 7.91. The standard InChI is InChI=1S/C18H28N2O6S/c1-24-10-9-20(15-7-11-27(22,23)13-15)18(21)19-8-6-14-4-5-16(25-2)17(12-14)26-3/h4-5,12,15H,6-11,13H2,1-3H3,(H,19,21). The second-order valence-corrected chi connectivity index (χ2v) is 8.64. The molecule has 2 amide bonds. The molecule has 1 aliphatic heterocycles. The molecule has 1 heterocycles. The molecule has 2 rings (SSSR count). The number of rotatable bonds is 9. The Morgan fingerprint density at radius 1 is 1.22 bits per heavy atom. The van der Waals surface area contributed by atoms with Gasteiger partial charge >= 0.3 is 6.03 Å². The van der Waals surface area contributed by atoms with E-state index in [2.05, 4.69) is 5.32 Å². The van der Waals surface area contributed by atoms with Crippen LogP contribution in [0.5, 0.6) is 11.5 Å². The van der Waals surface area contributed by atoms with E-state index in [1.54, 1.807) is 26.2 Å². The van der Waals surface area contributed by atoms with Gasteiger partial charge in [0.25, 0.3) is 0 Å². The average Bonchev–Trinajstić information content (AvgIpc) is 3.01. The number of urea groups is 1. The number of hydrogen-bond acceptors (Lipinski definition) is 6. The van der Waals surface area contributed by atoms with E-state index in [9.17, 15) is 13.2 Å². The van der Waals surface area contributed by atoms with E-state index in [0.717, 1.165) is 5.56 Å². The van der Waals surface area contributed by atoms with Crippen molar-refractivity contribution in [1.82, 2.24) is 10.2 Å². The van der Waals surface area contributed by atoms with Crippen LogP contribution in [0, 0.1) is 0 Å². The van der Waals surface area contributed by atoms with E-state index in [-0.39, 0.29) is 23.6 Å². The van der Waals surface area contributed by atoms with Crippen molar-refractivity contribution in [3.8, 4) is 11.5 Å². The van der Waals surface area contributed by atoms with Gasteiger partial charge in [-0.3, -0.25) is 0 Å². The molecule has 0 bridgehead atoms. The first kappa shape index (κ1) is 21.3. The molecule has 0 radical (unpaired) electrons. The number of nitrogens with one attached hydrogen (secondary N) is 1. The summed E-state index contributed by atoms with van der Waals surface area (Å²) < 4.78 is 39.0. The Morgan fingerprint density at radius 2 is 1.96 bits per heavy atom. The molecular formula is C18H28N2O6S. The summed E-state index contributed by atoms with van der Waals surface area (Å²) in [5.74, 6) is 1.43. The van der Waals surface area contributed by atoms with Crippen LogP contribution in [0.15, 0.2) is 18.2 Å². The second kappa shape index (κ2) is 9.80. The fourth-order valence-electron chi connectivity index (χ4n) is 3.11. The van der Waals surface area contributed by atoms with Crippen LogP contribution in [-0.4, -0.2) is 77.9 Å². The predicted molar refractivity (Wildman–Crippen MR) is 102 cm³/mol. The minimum Gasteiger partial charge on any atom is -0.493 e. The number of sulfone groups is 1. The molecule has 1 saturated heterocycles. The van der Waals surface area contributed by atoms with Gasteiger partial charge in [-0.2, -0.15) is 0 Å². The quantitative estimate of drug-likeness (QED) is 0.667. The van der Waals surface area contributed by atoms with Crippen molar-refractivity contribution in [3.05, 3.63) is 23.8 Å². The Labute approximate surface area is 160 Å². The molecular weight excluding hydrogens is 372 g/mol. The molecule has 1 unspecified atom stereocenters. The molecule has 8 nitrogen and oxygen atoms in total. The SMILES string of the molecule is COCCN(C(=O)NCCc1ccc(OC)c(OC)c1)C1CCS(=O)(=O)C1. The number of methoxy groups -OCH3 is 3. The van der Waals surface area contributed by atoms with Crippen LogP contribution in [0.4, 0.5) is 4.79 Å². The monoisotopic (exact) mass is 400 g/mol. The molecule has 1 N–H and O–H groups in total. The van der Waals surface area contributed by atoms with Crippen LogP contribution >= 0.6 is 0 Å². The minimum absolute atomic E-state index is 0.0137. The third kappa shape index (κ3) is 6.00. The number of ether oxygens (including phenoxy) is 3. The molecule has 1 aliphatic rings. The van der Waals surface area contributed by atoms with Crippen LogP contribution < -0.4 is 14.8 Å². The van der Waals surface area contributed by atoms with Crippen molar-refractivity contribution in [2.45, 2.75) is 18.9 Å². The Hall–Kier alpha value is -2.00. The van der Waals surface area contributed by atoms with Gasteiger partial charge in [0.1, 0.15) is 0 Å². The molecule has 152 valence electrons. The third-order valence-corrected chi connectivity index (χ3v) is 6.33. The van der Waals surface area contributed by atoms with Crippen molar-refractivity contribution in [2.24, 2.45) is 0 Å². The lowest BCUT2D eigenvalue weighted by molar-refractivity contribution is 0.134. The zero-order valence-corrected chi connectivity index (χ0v) is 16.9. The number of carbonyl (C=O) groups excluding carboxylic acids is 1. The van der Waals surface area contributed by atoms with Crippen LogP contribution in [0.2, 0.25) is 0 Å². The van der Waals surface area contributed by atoms with Gasteiger partial charge in [-0.05, 0) is 30.5 Å². The Balaban J connectivity index is 1.93. The van der Waals surface area contributed by atoms with Gasteiger partial charge in [0, 0.05) is 26.2 Å². The predicted octanol–water partition coefficient (Wildman–Crippen LogP) is 1.09. The summed E-state index contributed by atoms with van der Waals surface area (Å²) in [6, 6.07) is 5.04. The first-order valence-electron chi connectivity index (χ1n) is 8.85. The summed E-state index contributed by atoms with van der Waals surface area (Å²) in [7, 11) is 1.64. The smallest absolute Gasteiger partial charge is 0.317 e. The topological polar surface area (TPSA) is 94.2 Å². The van der Waals surface area contributed by atoms with Crippen molar-refractivity contribution in [3.63, 3.8) is 0 Å². The molecule has 0 spiro atoms. The number of hydrogen-bond donors (Lipinski definition) is 1. The van der Waals surface area contributed by atoms with E-state index in [4.69, 9.17) is 14.2 Å². The zero-order valence-electron chi connectivity index (χ0n) is 16.1. The van der Waals surface area contributed by atoms with Crippen molar-refractivity contribution < 1.29 is 27.4 Å². The van der Waals surface area contributed by atoms with Crippen molar-refractivity contribution in [2.75, 3.05) is 52.5 Å². The largest absolute Gasteiger partial charge is 0.493 e. The highest BCUT2D eigenvalue weighted by Crippen LogP contribution is 2.27. The molecule has 27 heavy (non-hydrogen) atoms. The third-order valence-electron chi connectivity index (χ3n) is 4.58. The van der Waals surface area contributed by atoms with E-state index in [0.29, 0.717) is 44.0 Å². The van der Waals surface area contributed by atoms with E-state index >= 15 is 0 Å². The zero-order chi connectivity index (χ0) is 19.9. The minimum atomic E-state index is -3.07. The second-order valence-electron chi connectivity index (χ2n) is 6.41. The lowest BCUT2D eigenvalue weighted by Crippen LogP contribution is -2.48. The van der Waals surface area contributed by atoms with Crippen LogP contribution in [0.3, 0.4) is 0 Å². The summed E-state index contributed by atoms with van der Waals surface area (Å²) in [4.78, 5) is 14.2. The molecule has 0 aliphatic carbocycles. The number of benzene rings is 1. The van der Waals surface area contributed by atoms with Gasteiger partial charge in [-0.25, -0.2) is 13.2 Å². The van der Waals surface area contributed by atoms with Gasteiger partial charge in [0.2, 0.25) is 0 Å². The number of amides is 2. The molecule has 1 fully saturated rings.